The zero-order valence-electron chi connectivity index (χ0n) is 6.97. The molecule has 1 aromatic carbocycles. The lowest BCUT2D eigenvalue weighted by atomic mass is 10.1. The molecule has 0 bridgehead atoms. The summed E-state index contributed by atoms with van der Waals surface area (Å²) in [6, 6.07) is 3.49. The van der Waals surface area contributed by atoms with Gasteiger partial charge in [-0.2, -0.15) is 0 Å². The molecule has 0 aliphatic rings. The van der Waals surface area contributed by atoms with Crippen molar-refractivity contribution in [2.75, 3.05) is 0 Å². The highest BCUT2D eigenvalue weighted by molar-refractivity contribution is 14.1. The Hall–Kier alpha value is -0.100. The van der Waals surface area contributed by atoms with Gasteiger partial charge in [-0.25, -0.2) is 4.79 Å². The lowest BCUT2D eigenvalue weighted by Crippen LogP contribution is -2.02. The van der Waals surface area contributed by atoms with Crippen LogP contribution in [-0.2, 0) is 5.33 Å². The van der Waals surface area contributed by atoms with E-state index in [0.717, 1.165) is 20.0 Å². The van der Waals surface area contributed by atoms with Crippen LogP contribution in [0.5, 0.6) is 0 Å². The van der Waals surface area contributed by atoms with Crippen molar-refractivity contribution >= 4 is 44.5 Å². The molecule has 0 unspecified atom stereocenters. The van der Waals surface area contributed by atoms with Gasteiger partial charge in [-0.05, 0) is 46.7 Å². The lowest BCUT2D eigenvalue weighted by molar-refractivity contribution is 0.0696. The van der Waals surface area contributed by atoms with Crippen LogP contribution in [-0.4, -0.2) is 11.1 Å². The Morgan fingerprint density at radius 2 is 2.23 bits per heavy atom. The summed E-state index contributed by atoms with van der Waals surface area (Å²) in [4.78, 5) is 10.8. The second kappa shape index (κ2) is 4.41. The van der Waals surface area contributed by atoms with Gasteiger partial charge in [0.1, 0.15) is 0 Å². The van der Waals surface area contributed by atoms with Gasteiger partial charge in [-0.3, -0.25) is 0 Å². The first-order valence-electron chi connectivity index (χ1n) is 3.65. The number of alkyl halides is 1. The Balaban J connectivity index is 3.31. The van der Waals surface area contributed by atoms with Crippen molar-refractivity contribution in [2.45, 2.75) is 12.3 Å². The zero-order valence-corrected chi connectivity index (χ0v) is 10.7. The fourth-order valence-corrected chi connectivity index (χ4v) is 2.73. The van der Waals surface area contributed by atoms with E-state index in [0.29, 0.717) is 5.56 Å². The number of aromatic carboxylic acids is 1. The van der Waals surface area contributed by atoms with Gasteiger partial charge in [0.15, 0.2) is 0 Å². The minimum atomic E-state index is -0.864. The fourth-order valence-electron chi connectivity index (χ4n) is 1.08. The second-order valence-corrected chi connectivity index (χ2v) is 4.29. The first kappa shape index (κ1) is 11.0. The zero-order chi connectivity index (χ0) is 10.0. The van der Waals surface area contributed by atoms with Gasteiger partial charge in [0.05, 0.1) is 5.56 Å². The van der Waals surface area contributed by atoms with E-state index in [9.17, 15) is 4.79 Å². The molecule has 0 heterocycles. The molecule has 0 aliphatic heterocycles. The molecule has 0 aromatic heterocycles. The molecule has 0 saturated carbocycles. The molecule has 0 saturated heterocycles. The van der Waals surface area contributed by atoms with E-state index in [4.69, 9.17) is 5.11 Å². The van der Waals surface area contributed by atoms with E-state index < -0.39 is 5.97 Å². The standard InChI is InChI=1S/C9H8BrIO2/c1-5-7(9(12)13)3-2-6(4-10)8(5)11/h2-3H,4H2,1H3,(H,12,13). The van der Waals surface area contributed by atoms with Crippen molar-refractivity contribution in [1.82, 2.24) is 0 Å². The van der Waals surface area contributed by atoms with Crippen molar-refractivity contribution < 1.29 is 9.90 Å². The van der Waals surface area contributed by atoms with E-state index in [-0.39, 0.29) is 0 Å². The molecule has 1 N–H and O–H groups in total. The minimum Gasteiger partial charge on any atom is -0.478 e. The van der Waals surface area contributed by atoms with Crippen molar-refractivity contribution in [3.05, 3.63) is 32.4 Å². The Kier molecular flexibility index (Phi) is 3.73. The highest BCUT2D eigenvalue weighted by atomic mass is 127. The summed E-state index contributed by atoms with van der Waals surface area (Å²) in [5.41, 5.74) is 2.35. The lowest BCUT2D eigenvalue weighted by Gasteiger charge is -2.07. The molecule has 0 atom stereocenters. The number of benzene rings is 1. The highest BCUT2D eigenvalue weighted by Gasteiger charge is 2.11. The number of rotatable bonds is 2. The van der Waals surface area contributed by atoms with Crippen LogP contribution in [0.2, 0.25) is 0 Å². The Morgan fingerprint density at radius 3 is 2.69 bits per heavy atom. The molecule has 0 amide bonds. The number of carboxylic acid groups (broad SMARTS) is 1. The Labute approximate surface area is 98.6 Å². The third-order valence-corrected chi connectivity index (χ3v) is 3.95. The third-order valence-electron chi connectivity index (χ3n) is 1.84. The summed E-state index contributed by atoms with van der Waals surface area (Å²) in [6.45, 7) is 1.83. The maximum Gasteiger partial charge on any atom is 0.335 e. The van der Waals surface area contributed by atoms with Gasteiger partial charge >= 0.3 is 5.97 Å². The van der Waals surface area contributed by atoms with Crippen molar-refractivity contribution in [3.63, 3.8) is 0 Å². The predicted octanol–water partition coefficient (Wildman–Crippen LogP) is 3.19. The van der Waals surface area contributed by atoms with Crippen LogP contribution in [0.25, 0.3) is 0 Å². The van der Waals surface area contributed by atoms with Crippen LogP contribution in [0.1, 0.15) is 21.5 Å². The van der Waals surface area contributed by atoms with Crippen molar-refractivity contribution in [2.24, 2.45) is 0 Å². The number of halogens is 2. The van der Waals surface area contributed by atoms with Crippen LogP contribution in [0.15, 0.2) is 12.1 Å². The van der Waals surface area contributed by atoms with Gasteiger partial charge in [0, 0.05) is 8.90 Å². The van der Waals surface area contributed by atoms with Gasteiger partial charge in [0.2, 0.25) is 0 Å². The van der Waals surface area contributed by atoms with Crippen LogP contribution in [0, 0.1) is 10.5 Å². The first-order valence-corrected chi connectivity index (χ1v) is 5.85. The van der Waals surface area contributed by atoms with Gasteiger partial charge in [0.25, 0.3) is 0 Å². The molecule has 0 fully saturated rings. The van der Waals surface area contributed by atoms with Crippen LogP contribution in [0.4, 0.5) is 0 Å². The van der Waals surface area contributed by atoms with Crippen LogP contribution >= 0.6 is 38.5 Å². The quantitative estimate of drug-likeness (QED) is 0.654. The SMILES string of the molecule is Cc1c(C(=O)O)ccc(CBr)c1I. The Morgan fingerprint density at radius 1 is 1.62 bits per heavy atom. The summed E-state index contributed by atoms with van der Waals surface area (Å²) < 4.78 is 1.02. The van der Waals surface area contributed by atoms with Gasteiger partial charge < -0.3 is 5.11 Å². The summed E-state index contributed by atoms with van der Waals surface area (Å²) in [5, 5.41) is 9.59. The number of hydrogen-bond donors (Lipinski definition) is 1. The average Bonchev–Trinajstić information content (AvgIpc) is 2.09. The molecule has 0 radical (unpaired) electrons. The second-order valence-electron chi connectivity index (χ2n) is 2.65. The molecule has 70 valence electrons. The molecule has 4 heteroatoms. The molecular formula is C9H8BrIO2. The summed E-state index contributed by atoms with van der Waals surface area (Å²) in [7, 11) is 0. The number of hydrogen-bond acceptors (Lipinski definition) is 1. The van der Waals surface area contributed by atoms with Crippen LogP contribution < -0.4 is 0 Å². The molecule has 0 spiro atoms. The topological polar surface area (TPSA) is 37.3 Å². The summed E-state index contributed by atoms with van der Waals surface area (Å²) in [6.07, 6.45) is 0. The van der Waals surface area contributed by atoms with Crippen LogP contribution in [0.3, 0.4) is 0 Å². The maximum absolute atomic E-state index is 10.8. The van der Waals surface area contributed by atoms with E-state index in [1.165, 1.54) is 0 Å². The number of carbonyl (C=O) groups is 1. The largest absolute Gasteiger partial charge is 0.478 e. The van der Waals surface area contributed by atoms with Gasteiger partial charge in [-0.1, -0.05) is 22.0 Å². The first-order chi connectivity index (χ1) is 6.07. The average molecular weight is 355 g/mol. The monoisotopic (exact) mass is 354 g/mol. The molecule has 1 aromatic rings. The van der Waals surface area contributed by atoms with Crippen molar-refractivity contribution in [1.29, 1.82) is 0 Å². The number of carboxylic acids is 1. The smallest absolute Gasteiger partial charge is 0.335 e. The molecular weight excluding hydrogens is 347 g/mol. The summed E-state index contributed by atoms with van der Waals surface area (Å²) >= 11 is 5.52. The third kappa shape index (κ3) is 2.22. The predicted molar refractivity (Wildman–Crippen MR) is 63.5 cm³/mol. The fraction of sp³-hybridized carbons (Fsp3) is 0.222. The van der Waals surface area contributed by atoms with Gasteiger partial charge in [-0.15, -0.1) is 0 Å². The van der Waals surface area contributed by atoms with E-state index in [1.54, 1.807) is 6.07 Å². The Bertz CT molecular complexity index is 350. The molecule has 13 heavy (non-hydrogen) atoms. The highest BCUT2D eigenvalue weighted by Crippen LogP contribution is 2.22. The van der Waals surface area contributed by atoms with E-state index >= 15 is 0 Å². The minimum absolute atomic E-state index is 0.383. The van der Waals surface area contributed by atoms with E-state index in [2.05, 4.69) is 38.5 Å². The van der Waals surface area contributed by atoms with Crippen molar-refractivity contribution in [3.8, 4) is 0 Å². The van der Waals surface area contributed by atoms with E-state index in [1.807, 2.05) is 13.0 Å². The maximum atomic E-state index is 10.8. The molecule has 0 aliphatic carbocycles. The normalized spacial score (nSPS) is 10.1. The summed E-state index contributed by atoms with van der Waals surface area (Å²) in [5.74, 6) is -0.864. The molecule has 2 nitrogen and oxygen atoms in total. The molecule has 1 rings (SSSR count).